The topological polar surface area (TPSA) is 40.6 Å². The minimum atomic E-state index is -0.746. The van der Waals surface area contributed by atoms with Crippen molar-refractivity contribution < 1.29 is 9.59 Å². The Morgan fingerprint density at radius 3 is 2.57 bits per heavy atom. The van der Waals surface area contributed by atoms with Crippen molar-refractivity contribution in [1.29, 1.82) is 0 Å². The minimum Gasteiger partial charge on any atom is -0.329 e. The number of likely N-dealkylation sites (N-methyl/N-ethyl adjacent to an activating group) is 1. The van der Waals surface area contributed by atoms with Crippen LogP contribution in [0.2, 0.25) is 0 Å². The highest BCUT2D eigenvalue weighted by Crippen LogP contribution is 2.55. The highest BCUT2D eigenvalue weighted by Gasteiger charge is 2.69. The maximum atomic E-state index is 13.1. The van der Waals surface area contributed by atoms with Crippen molar-refractivity contribution in [3.8, 4) is 0 Å². The Hall–Kier alpha value is -1.84. The average Bonchev–Trinajstić information content (AvgIpc) is 2.94. The van der Waals surface area contributed by atoms with Crippen LogP contribution in [0.1, 0.15) is 37.7 Å². The summed E-state index contributed by atoms with van der Waals surface area (Å²) in [7, 11) is 1.80. The van der Waals surface area contributed by atoms with E-state index in [0.29, 0.717) is 0 Å². The van der Waals surface area contributed by atoms with Crippen molar-refractivity contribution in [2.75, 3.05) is 13.6 Å². The Morgan fingerprint density at radius 2 is 1.86 bits per heavy atom. The normalized spacial score (nSPS) is 38.1. The number of carbonyl (C=O) groups is 2. The SMILES string of the molecule is CN1C(=O)[C@@]23CCCN2C(=O)[C@]1(C)[C@H](c1ccccc1)C3. The molecule has 0 saturated carbocycles. The number of piperazine rings is 1. The number of fused-ring (bicyclic) bond motifs is 2. The molecule has 4 fully saturated rings. The molecule has 1 aromatic carbocycles. The van der Waals surface area contributed by atoms with Crippen molar-refractivity contribution >= 4 is 11.8 Å². The molecule has 2 bridgehead atoms. The van der Waals surface area contributed by atoms with Gasteiger partial charge in [-0.2, -0.15) is 0 Å². The lowest BCUT2D eigenvalue weighted by molar-refractivity contribution is -0.187. The Morgan fingerprint density at radius 1 is 1.14 bits per heavy atom. The molecule has 0 unspecified atom stereocenters. The zero-order valence-corrected chi connectivity index (χ0v) is 12.5. The highest BCUT2D eigenvalue weighted by atomic mass is 16.2. The van der Waals surface area contributed by atoms with E-state index in [1.807, 2.05) is 30.0 Å². The number of carbonyl (C=O) groups excluding carboxylic acids is 2. The van der Waals surface area contributed by atoms with E-state index in [4.69, 9.17) is 0 Å². The summed E-state index contributed by atoms with van der Waals surface area (Å²) < 4.78 is 0. The molecule has 0 aliphatic carbocycles. The summed E-state index contributed by atoms with van der Waals surface area (Å²) in [6, 6.07) is 10.2. The molecule has 21 heavy (non-hydrogen) atoms. The second-order valence-corrected chi connectivity index (χ2v) is 6.77. The third kappa shape index (κ3) is 1.31. The number of nitrogens with zero attached hydrogens (tertiary/aromatic N) is 2. The van der Waals surface area contributed by atoms with Crippen molar-refractivity contribution in [2.45, 2.75) is 43.2 Å². The highest BCUT2D eigenvalue weighted by molar-refractivity contribution is 6.05. The third-order valence-electron chi connectivity index (χ3n) is 5.99. The van der Waals surface area contributed by atoms with E-state index in [-0.39, 0.29) is 17.7 Å². The summed E-state index contributed by atoms with van der Waals surface area (Å²) in [6.07, 6.45) is 2.51. The quantitative estimate of drug-likeness (QED) is 0.788. The molecule has 4 saturated heterocycles. The molecule has 1 spiro atoms. The zero-order valence-electron chi connectivity index (χ0n) is 12.5. The first kappa shape index (κ1) is 12.9. The van der Waals surface area contributed by atoms with Gasteiger partial charge in [0.25, 0.3) is 0 Å². The Kier molecular flexibility index (Phi) is 2.37. The number of piperidine rings is 2. The second-order valence-electron chi connectivity index (χ2n) is 6.77. The van der Waals surface area contributed by atoms with Crippen LogP contribution in [0.4, 0.5) is 0 Å². The summed E-state index contributed by atoms with van der Waals surface area (Å²) >= 11 is 0. The fourth-order valence-corrected chi connectivity index (χ4v) is 4.68. The van der Waals surface area contributed by atoms with E-state index in [1.54, 1.807) is 11.9 Å². The maximum absolute atomic E-state index is 13.1. The maximum Gasteiger partial charge on any atom is 0.249 e. The van der Waals surface area contributed by atoms with Crippen LogP contribution >= 0.6 is 0 Å². The number of hydrogen-bond donors (Lipinski definition) is 0. The van der Waals surface area contributed by atoms with E-state index in [0.717, 1.165) is 25.8 Å². The number of hydrogen-bond acceptors (Lipinski definition) is 2. The molecule has 4 aliphatic heterocycles. The largest absolute Gasteiger partial charge is 0.329 e. The van der Waals surface area contributed by atoms with Gasteiger partial charge in [0, 0.05) is 19.5 Å². The fourth-order valence-electron chi connectivity index (χ4n) is 4.68. The number of benzene rings is 1. The van der Waals surface area contributed by atoms with Gasteiger partial charge < -0.3 is 9.80 Å². The molecule has 0 aromatic heterocycles. The van der Waals surface area contributed by atoms with Crippen LogP contribution in [0.3, 0.4) is 0 Å². The van der Waals surface area contributed by atoms with Gasteiger partial charge in [0.1, 0.15) is 11.1 Å². The van der Waals surface area contributed by atoms with Crippen molar-refractivity contribution in [3.63, 3.8) is 0 Å². The minimum absolute atomic E-state index is 0.0863. The Labute approximate surface area is 124 Å². The lowest BCUT2D eigenvalue weighted by atomic mass is 9.62. The lowest BCUT2D eigenvalue weighted by Gasteiger charge is -2.62. The van der Waals surface area contributed by atoms with Gasteiger partial charge in [-0.3, -0.25) is 9.59 Å². The van der Waals surface area contributed by atoms with Crippen molar-refractivity contribution in [3.05, 3.63) is 35.9 Å². The van der Waals surface area contributed by atoms with E-state index in [2.05, 4.69) is 12.1 Å². The first-order chi connectivity index (χ1) is 10.0. The summed E-state index contributed by atoms with van der Waals surface area (Å²) in [4.78, 5) is 29.5. The molecule has 4 heterocycles. The van der Waals surface area contributed by atoms with Gasteiger partial charge in [0.2, 0.25) is 11.8 Å². The van der Waals surface area contributed by atoms with E-state index < -0.39 is 11.1 Å². The van der Waals surface area contributed by atoms with Crippen molar-refractivity contribution in [1.82, 2.24) is 9.80 Å². The molecule has 3 atom stereocenters. The Bertz CT molecular complexity index is 629. The fraction of sp³-hybridized carbons (Fsp3) is 0.529. The predicted molar refractivity (Wildman–Crippen MR) is 78.7 cm³/mol. The third-order valence-corrected chi connectivity index (χ3v) is 5.99. The van der Waals surface area contributed by atoms with E-state index in [9.17, 15) is 9.59 Å². The van der Waals surface area contributed by atoms with Crippen LogP contribution in [0.15, 0.2) is 30.3 Å². The molecule has 4 nitrogen and oxygen atoms in total. The van der Waals surface area contributed by atoms with Gasteiger partial charge in [-0.25, -0.2) is 0 Å². The average molecular weight is 284 g/mol. The van der Waals surface area contributed by atoms with Gasteiger partial charge in [0.15, 0.2) is 0 Å². The Balaban J connectivity index is 1.90. The lowest BCUT2D eigenvalue weighted by Crippen LogP contribution is -2.79. The molecular weight excluding hydrogens is 264 g/mol. The van der Waals surface area contributed by atoms with Crippen LogP contribution in [-0.4, -0.2) is 46.3 Å². The molecule has 4 heteroatoms. The monoisotopic (exact) mass is 284 g/mol. The van der Waals surface area contributed by atoms with Gasteiger partial charge in [0.05, 0.1) is 0 Å². The van der Waals surface area contributed by atoms with Crippen LogP contribution in [0.5, 0.6) is 0 Å². The molecule has 4 aliphatic rings. The van der Waals surface area contributed by atoms with Crippen LogP contribution < -0.4 is 0 Å². The molecule has 0 N–H and O–H groups in total. The molecule has 5 rings (SSSR count). The summed E-state index contributed by atoms with van der Waals surface area (Å²) in [5.74, 6) is 0.347. The van der Waals surface area contributed by atoms with Crippen molar-refractivity contribution in [2.24, 2.45) is 0 Å². The van der Waals surface area contributed by atoms with Gasteiger partial charge >= 0.3 is 0 Å². The number of rotatable bonds is 1. The van der Waals surface area contributed by atoms with Gasteiger partial charge in [-0.15, -0.1) is 0 Å². The molecule has 0 radical (unpaired) electrons. The summed E-state index contributed by atoms with van der Waals surface area (Å²) in [5, 5.41) is 0. The molecule has 1 aromatic rings. The van der Waals surface area contributed by atoms with Gasteiger partial charge in [-0.05, 0) is 31.7 Å². The predicted octanol–water partition coefficient (Wildman–Crippen LogP) is 1.77. The molecule has 2 amide bonds. The number of amides is 2. The molecular formula is C17H20N2O2. The first-order valence-corrected chi connectivity index (χ1v) is 7.67. The van der Waals surface area contributed by atoms with Crippen LogP contribution in [-0.2, 0) is 9.59 Å². The first-order valence-electron chi connectivity index (χ1n) is 7.67. The van der Waals surface area contributed by atoms with Gasteiger partial charge in [-0.1, -0.05) is 30.3 Å². The summed E-state index contributed by atoms with van der Waals surface area (Å²) in [5.41, 5.74) is -0.159. The summed E-state index contributed by atoms with van der Waals surface area (Å²) in [6.45, 7) is 2.67. The van der Waals surface area contributed by atoms with Crippen LogP contribution in [0, 0.1) is 0 Å². The molecule has 110 valence electrons. The second kappa shape index (κ2) is 3.87. The standard InChI is InChI=1S/C17H20N2O2/c1-16-13(12-7-4-3-5-8-12)11-17(15(21)18(16)2)9-6-10-19(17)14(16)20/h3-5,7-8,13H,6,9-11H2,1-2H3/t13-,16-,17-/m0/s1. The van der Waals surface area contributed by atoms with Crippen LogP contribution in [0.25, 0.3) is 0 Å². The van der Waals surface area contributed by atoms with E-state index >= 15 is 0 Å². The smallest absolute Gasteiger partial charge is 0.249 e. The zero-order chi connectivity index (χ0) is 14.8. The van der Waals surface area contributed by atoms with E-state index in [1.165, 1.54) is 5.56 Å².